The molecular formula is C16H26O2. The molecule has 1 aliphatic heterocycles. The first kappa shape index (κ1) is 12.5. The molecule has 3 aliphatic rings. The van der Waals surface area contributed by atoms with Gasteiger partial charge in [0.2, 0.25) is 0 Å². The average Bonchev–Trinajstić information content (AvgIpc) is 3.04. The Hall–Kier alpha value is -0.530. The zero-order chi connectivity index (χ0) is 12.4. The van der Waals surface area contributed by atoms with E-state index in [0.29, 0.717) is 0 Å². The van der Waals surface area contributed by atoms with Crippen molar-refractivity contribution in [1.29, 1.82) is 0 Å². The molecule has 3 rings (SSSR count). The first-order valence-corrected chi connectivity index (χ1v) is 8.03. The van der Waals surface area contributed by atoms with Gasteiger partial charge in [0.05, 0.1) is 5.92 Å². The van der Waals surface area contributed by atoms with E-state index < -0.39 is 0 Å². The predicted molar refractivity (Wildman–Crippen MR) is 71.1 cm³/mol. The van der Waals surface area contributed by atoms with Crippen molar-refractivity contribution in [3.05, 3.63) is 0 Å². The second-order valence-electron chi connectivity index (χ2n) is 6.70. The first-order chi connectivity index (χ1) is 8.83. The van der Waals surface area contributed by atoms with E-state index in [4.69, 9.17) is 4.74 Å². The summed E-state index contributed by atoms with van der Waals surface area (Å²) in [5.41, 5.74) is 0. The van der Waals surface area contributed by atoms with Gasteiger partial charge < -0.3 is 4.74 Å². The van der Waals surface area contributed by atoms with Crippen LogP contribution in [-0.2, 0) is 9.53 Å². The van der Waals surface area contributed by atoms with Gasteiger partial charge in [-0.2, -0.15) is 0 Å². The lowest BCUT2D eigenvalue weighted by atomic mass is 9.83. The van der Waals surface area contributed by atoms with Gasteiger partial charge in [0, 0.05) is 0 Å². The van der Waals surface area contributed by atoms with E-state index in [-0.39, 0.29) is 18.0 Å². The lowest BCUT2D eigenvalue weighted by Crippen LogP contribution is -2.46. The van der Waals surface area contributed by atoms with Crippen LogP contribution in [0.25, 0.3) is 0 Å². The molecule has 2 atom stereocenters. The van der Waals surface area contributed by atoms with Gasteiger partial charge >= 0.3 is 5.97 Å². The molecule has 0 aromatic carbocycles. The Morgan fingerprint density at radius 3 is 2.11 bits per heavy atom. The molecule has 0 spiro atoms. The Balaban J connectivity index is 1.42. The maximum absolute atomic E-state index is 11.6. The van der Waals surface area contributed by atoms with Gasteiger partial charge in [-0.15, -0.1) is 0 Å². The quantitative estimate of drug-likeness (QED) is 0.687. The van der Waals surface area contributed by atoms with Gasteiger partial charge in [0.15, 0.2) is 0 Å². The molecule has 0 aromatic heterocycles. The van der Waals surface area contributed by atoms with Crippen LogP contribution in [0.1, 0.15) is 70.6 Å². The minimum Gasteiger partial charge on any atom is -0.461 e. The minimum atomic E-state index is 0.0957. The van der Waals surface area contributed by atoms with Gasteiger partial charge in [-0.05, 0) is 31.1 Å². The topological polar surface area (TPSA) is 26.3 Å². The van der Waals surface area contributed by atoms with Gasteiger partial charge in [0.25, 0.3) is 0 Å². The molecule has 0 N–H and O–H groups in total. The fraction of sp³-hybridized carbons (Fsp3) is 0.938. The summed E-state index contributed by atoms with van der Waals surface area (Å²) in [6, 6.07) is 0. The van der Waals surface area contributed by atoms with Crippen molar-refractivity contribution in [1.82, 2.24) is 0 Å². The predicted octanol–water partition coefficient (Wildman–Crippen LogP) is 4.08. The van der Waals surface area contributed by atoms with E-state index in [0.717, 1.165) is 24.7 Å². The molecule has 2 heteroatoms. The third-order valence-electron chi connectivity index (χ3n) is 5.42. The van der Waals surface area contributed by atoms with E-state index in [2.05, 4.69) is 0 Å². The molecule has 0 bridgehead atoms. The number of rotatable bonds is 5. The number of hydrogen-bond donors (Lipinski definition) is 0. The summed E-state index contributed by atoms with van der Waals surface area (Å²) < 4.78 is 5.38. The normalized spacial score (nSPS) is 33.7. The number of esters is 1. The number of ether oxygens (including phenoxy) is 1. The van der Waals surface area contributed by atoms with Crippen LogP contribution in [0.5, 0.6) is 0 Å². The van der Waals surface area contributed by atoms with Gasteiger partial charge in [-0.3, -0.25) is 4.79 Å². The van der Waals surface area contributed by atoms with Gasteiger partial charge in [0.1, 0.15) is 6.10 Å². The van der Waals surface area contributed by atoms with Crippen LogP contribution in [0.2, 0.25) is 0 Å². The molecule has 1 saturated heterocycles. The molecule has 2 saturated carbocycles. The fourth-order valence-corrected chi connectivity index (χ4v) is 4.21. The molecule has 0 unspecified atom stereocenters. The Labute approximate surface area is 110 Å². The summed E-state index contributed by atoms with van der Waals surface area (Å²) >= 11 is 0. The standard InChI is InChI=1S/C16H26O2/c17-16-14(11-13-7-3-4-8-13)15(18-16)10-9-12-5-1-2-6-12/h12-15H,1-11H2/t14-,15-/m0/s1. The summed E-state index contributed by atoms with van der Waals surface area (Å²) in [4.78, 5) is 11.6. The SMILES string of the molecule is O=C1O[C@@H](CCC2CCCC2)[C@@H]1CC1CCCC1. The highest BCUT2D eigenvalue weighted by molar-refractivity contribution is 5.78. The van der Waals surface area contributed by atoms with Crippen molar-refractivity contribution in [3.63, 3.8) is 0 Å². The second kappa shape index (κ2) is 5.63. The van der Waals surface area contributed by atoms with E-state index in [1.165, 1.54) is 57.8 Å². The summed E-state index contributed by atoms with van der Waals surface area (Å²) in [7, 11) is 0. The number of carbonyl (C=O) groups excluding carboxylic acids is 1. The van der Waals surface area contributed by atoms with E-state index in [1.807, 2.05) is 0 Å². The molecule has 18 heavy (non-hydrogen) atoms. The van der Waals surface area contributed by atoms with Gasteiger partial charge in [-0.25, -0.2) is 0 Å². The van der Waals surface area contributed by atoms with Crippen molar-refractivity contribution >= 4 is 5.97 Å². The summed E-state index contributed by atoms with van der Waals surface area (Å²) in [5.74, 6) is 2.10. The highest BCUT2D eigenvalue weighted by Crippen LogP contribution is 2.39. The van der Waals surface area contributed by atoms with E-state index >= 15 is 0 Å². The summed E-state index contributed by atoms with van der Waals surface area (Å²) in [5, 5.41) is 0. The Kier molecular flexibility index (Phi) is 3.91. The molecule has 2 nitrogen and oxygen atoms in total. The molecule has 0 aromatic rings. The van der Waals surface area contributed by atoms with Gasteiger partial charge in [-0.1, -0.05) is 51.4 Å². The van der Waals surface area contributed by atoms with Crippen molar-refractivity contribution in [2.24, 2.45) is 17.8 Å². The molecule has 0 amide bonds. The molecular weight excluding hydrogens is 224 g/mol. The minimum absolute atomic E-state index is 0.0957. The maximum Gasteiger partial charge on any atom is 0.313 e. The van der Waals surface area contributed by atoms with Crippen LogP contribution < -0.4 is 0 Å². The third kappa shape index (κ3) is 2.73. The molecule has 2 aliphatic carbocycles. The van der Waals surface area contributed by atoms with Crippen LogP contribution in [0.4, 0.5) is 0 Å². The third-order valence-corrected chi connectivity index (χ3v) is 5.42. The molecule has 0 radical (unpaired) electrons. The number of hydrogen-bond acceptors (Lipinski definition) is 2. The zero-order valence-electron chi connectivity index (χ0n) is 11.4. The van der Waals surface area contributed by atoms with Crippen molar-refractivity contribution < 1.29 is 9.53 Å². The van der Waals surface area contributed by atoms with Crippen molar-refractivity contribution in [2.45, 2.75) is 76.7 Å². The molecule has 102 valence electrons. The number of cyclic esters (lactones) is 1. The summed E-state index contributed by atoms with van der Waals surface area (Å²) in [6.07, 6.45) is 14.9. The highest BCUT2D eigenvalue weighted by atomic mass is 16.6. The van der Waals surface area contributed by atoms with Crippen LogP contribution in [0.3, 0.4) is 0 Å². The van der Waals surface area contributed by atoms with E-state index in [9.17, 15) is 4.79 Å². The lowest BCUT2D eigenvalue weighted by molar-refractivity contribution is -0.187. The largest absolute Gasteiger partial charge is 0.461 e. The Bertz CT molecular complexity index is 287. The molecule has 1 heterocycles. The monoisotopic (exact) mass is 250 g/mol. The smallest absolute Gasteiger partial charge is 0.313 e. The van der Waals surface area contributed by atoms with Crippen LogP contribution >= 0.6 is 0 Å². The lowest BCUT2D eigenvalue weighted by Gasteiger charge is -2.37. The molecule has 3 fully saturated rings. The summed E-state index contributed by atoms with van der Waals surface area (Å²) in [6.45, 7) is 0. The average molecular weight is 250 g/mol. The van der Waals surface area contributed by atoms with E-state index in [1.54, 1.807) is 0 Å². The highest BCUT2D eigenvalue weighted by Gasteiger charge is 2.43. The van der Waals surface area contributed by atoms with Crippen LogP contribution in [-0.4, -0.2) is 12.1 Å². The van der Waals surface area contributed by atoms with Crippen molar-refractivity contribution in [3.8, 4) is 0 Å². The van der Waals surface area contributed by atoms with Crippen LogP contribution in [0.15, 0.2) is 0 Å². The van der Waals surface area contributed by atoms with Crippen molar-refractivity contribution in [2.75, 3.05) is 0 Å². The second-order valence-corrected chi connectivity index (χ2v) is 6.70. The fourth-order valence-electron chi connectivity index (χ4n) is 4.21. The Morgan fingerprint density at radius 1 is 0.889 bits per heavy atom. The first-order valence-electron chi connectivity index (χ1n) is 8.03. The maximum atomic E-state index is 11.6. The van der Waals surface area contributed by atoms with Crippen LogP contribution in [0, 0.1) is 17.8 Å². The Morgan fingerprint density at radius 2 is 1.50 bits per heavy atom. The zero-order valence-corrected chi connectivity index (χ0v) is 11.4. The number of carbonyl (C=O) groups is 1.